The zero-order chi connectivity index (χ0) is 26.5. The molecule has 1 aromatic carbocycles. The predicted molar refractivity (Wildman–Crippen MR) is 102 cm³/mol. The van der Waals surface area contributed by atoms with Gasteiger partial charge in [0.25, 0.3) is 0 Å². The van der Waals surface area contributed by atoms with Crippen LogP contribution in [0.1, 0.15) is 38.2 Å². The van der Waals surface area contributed by atoms with Gasteiger partial charge in [0.2, 0.25) is 9.84 Å². The monoisotopic (exact) mass is 523 g/mol. The largest absolute Gasteiger partial charge is 0.497 e. The smallest absolute Gasteiger partial charge is 0.460 e. The van der Waals surface area contributed by atoms with Crippen LogP contribution in [0.25, 0.3) is 0 Å². The molecule has 1 aromatic rings. The van der Waals surface area contributed by atoms with E-state index in [1.807, 2.05) is 0 Å². The highest BCUT2D eigenvalue weighted by Crippen LogP contribution is 2.59. The minimum absolute atomic E-state index is 0.0107. The minimum atomic E-state index is -7.42. The van der Waals surface area contributed by atoms with Gasteiger partial charge in [-0.15, -0.1) is 0 Å². The molecule has 190 valence electrons. The topological polar surface area (TPSA) is 67.2 Å². The molecule has 1 aliphatic carbocycles. The van der Waals surface area contributed by atoms with Gasteiger partial charge in [-0.2, -0.15) is 44.8 Å². The zero-order valence-electron chi connectivity index (χ0n) is 17.8. The van der Waals surface area contributed by atoms with Crippen molar-refractivity contribution in [3.63, 3.8) is 0 Å². The minimum Gasteiger partial charge on any atom is -0.497 e. The molecule has 0 aliphatic heterocycles. The second-order valence-electron chi connectivity index (χ2n) is 7.94. The third-order valence-corrected chi connectivity index (χ3v) is 8.38. The Hall–Kier alpha value is -2.43. The number of ether oxygens (including phenoxy) is 1. The van der Waals surface area contributed by atoms with Gasteiger partial charge in [0, 0.05) is 12.3 Å². The molecule has 0 fully saturated rings. The molecule has 0 unspecified atom stereocenters. The van der Waals surface area contributed by atoms with Crippen molar-refractivity contribution in [3.8, 4) is 11.8 Å². The SMILES string of the molecule is COc1ccc([C@H]2CC(C)=C(C)C[C@]2(C#N)S(=O)(=O)C(F)(F)C(F)(F)C(F)(F)C(F)(F)F)cc1. The Morgan fingerprint density at radius 1 is 0.941 bits per heavy atom. The van der Waals surface area contributed by atoms with Crippen LogP contribution in [0.4, 0.5) is 39.5 Å². The molecule has 34 heavy (non-hydrogen) atoms. The third kappa shape index (κ3) is 3.72. The molecule has 2 rings (SSSR count). The lowest BCUT2D eigenvalue weighted by Gasteiger charge is -2.43. The maximum atomic E-state index is 14.7. The van der Waals surface area contributed by atoms with Crippen molar-refractivity contribution in [2.75, 3.05) is 7.11 Å². The van der Waals surface area contributed by atoms with Gasteiger partial charge in [0.05, 0.1) is 13.2 Å². The summed E-state index contributed by atoms with van der Waals surface area (Å²) in [7, 11) is -5.77. The van der Waals surface area contributed by atoms with Crippen LogP contribution in [0.3, 0.4) is 0 Å². The summed E-state index contributed by atoms with van der Waals surface area (Å²) in [6, 6.07) is 5.86. The summed E-state index contributed by atoms with van der Waals surface area (Å²) in [6.45, 7) is 2.66. The van der Waals surface area contributed by atoms with E-state index in [1.54, 1.807) is 0 Å². The average molecular weight is 523 g/mol. The van der Waals surface area contributed by atoms with Crippen LogP contribution in [0.15, 0.2) is 35.4 Å². The number of hydrogen-bond acceptors (Lipinski definition) is 4. The number of nitrogens with zero attached hydrogens (tertiary/aromatic N) is 1. The Labute approximate surface area is 188 Å². The van der Waals surface area contributed by atoms with E-state index in [0.717, 1.165) is 18.2 Å². The Morgan fingerprint density at radius 3 is 1.85 bits per heavy atom. The second-order valence-corrected chi connectivity index (χ2v) is 10.2. The molecule has 1 aliphatic rings. The molecule has 0 amide bonds. The Bertz CT molecular complexity index is 1120. The molecule has 14 heteroatoms. The summed E-state index contributed by atoms with van der Waals surface area (Å²) in [5, 5.41) is 2.77. The van der Waals surface area contributed by atoms with E-state index in [0.29, 0.717) is 5.57 Å². The maximum Gasteiger partial charge on any atom is 0.460 e. The molecule has 0 radical (unpaired) electrons. The van der Waals surface area contributed by atoms with Crippen LogP contribution in [0.5, 0.6) is 5.75 Å². The summed E-state index contributed by atoms with van der Waals surface area (Å²) < 4.78 is 150. The number of methoxy groups -OCH3 is 1. The lowest BCUT2D eigenvalue weighted by molar-refractivity contribution is -0.382. The fourth-order valence-electron chi connectivity index (χ4n) is 3.75. The fraction of sp³-hybridized carbons (Fsp3) is 0.550. The summed E-state index contributed by atoms with van der Waals surface area (Å²) in [4.78, 5) is 0. The van der Waals surface area contributed by atoms with Gasteiger partial charge in [0.1, 0.15) is 5.75 Å². The molecule has 0 bridgehead atoms. The Morgan fingerprint density at radius 2 is 1.44 bits per heavy atom. The van der Waals surface area contributed by atoms with Gasteiger partial charge in [0.15, 0.2) is 4.75 Å². The van der Waals surface area contributed by atoms with E-state index in [-0.39, 0.29) is 16.9 Å². The maximum absolute atomic E-state index is 14.7. The van der Waals surface area contributed by atoms with Crippen LogP contribution in [0.2, 0.25) is 0 Å². The van der Waals surface area contributed by atoms with Crippen molar-refractivity contribution < 1.29 is 52.7 Å². The van der Waals surface area contributed by atoms with Crippen molar-refractivity contribution in [2.45, 2.75) is 60.6 Å². The highest BCUT2D eigenvalue weighted by Gasteiger charge is 2.87. The molecule has 0 N–H and O–H groups in total. The summed E-state index contributed by atoms with van der Waals surface area (Å²) >= 11 is 0. The summed E-state index contributed by atoms with van der Waals surface area (Å²) in [5.74, 6) is -16.4. The quantitative estimate of drug-likeness (QED) is 0.338. The number of allylic oxidation sites excluding steroid dienone is 2. The molecule has 0 spiro atoms. The number of halogens is 9. The van der Waals surface area contributed by atoms with E-state index in [2.05, 4.69) is 0 Å². The Kier molecular flexibility index (Phi) is 6.83. The molecule has 0 heterocycles. The van der Waals surface area contributed by atoms with E-state index < -0.39 is 56.6 Å². The number of alkyl halides is 9. The van der Waals surface area contributed by atoms with Gasteiger partial charge in [-0.25, -0.2) is 8.42 Å². The number of sulfone groups is 1. The van der Waals surface area contributed by atoms with Crippen LogP contribution >= 0.6 is 0 Å². The van der Waals surface area contributed by atoms with E-state index >= 15 is 0 Å². The number of hydrogen-bond donors (Lipinski definition) is 0. The number of nitriles is 1. The van der Waals surface area contributed by atoms with Crippen molar-refractivity contribution >= 4 is 9.84 Å². The van der Waals surface area contributed by atoms with Crippen LogP contribution in [-0.4, -0.2) is 43.6 Å². The summed E-state index contributed by atoms with van der Waals surface area (Å²) in [5.41, 5.74) is 0.286. The molecule has 4 nitrogen and oxygen atoms in total. The molecule has 2 atom stereocenters. The first kappa shape index (κ1) is 27.8. The lowest BCUT2D eigenvalue weighted by atomic mass is 9.73. The van der Waals surface area contributed by atoms with E-state index in [9.17, 15) is 53.2 Å². The number of benzene rings is 1. The van der Waals surface area contributed by atoms with Crippen molar-refractivity contribution in [1.82, 2.24) is 0 Å². The highest BCUT2D eigenvalue weighted by molar-refractivity contribution is 7.94. The molecular weight excluding hydrogens is 505 g/mol. The van der Waals surface area contributed by atoms with Crippen molar-refractivity contribution in [1.29, 1.82) is 5.26 Å². The molecular formula is C20H18F9NO3S. The first-order valence-electron chi connectivity index (χ1n) is 9.40. The molecule has 0 saturated heterocycles. The van der Waals surface area contributed by atoms with Crippen molar-refractivity contribution in [2.24, 2.45) is 0 Å². The van der Waals surface area contributed by atoms with E-state index in [1.165, 1.54) is 33.1 Å². The fourth-order valence-corrected chi connectivity index (χ4v) is 5.80. The van der Waals surface area contributed by atoms with Crippen LogP contribution in [0, 0.1) is 11.3 Å². The third-order valence-electron chi connectivity index (χ3n) is 5.97. The van der Waals surface area contributed by atoms with Gasteiger partial charge < -0.3 is 4.74 Å². The van der Waals surface area contributed by atoms with Crippen molar-refractivity contribution in [3.05, 3.63) is 41.0 Å². The lowest BCUT2D eigenvalue weighted by Crippen LogP contribution is -2.67. The first-order valence-corrected chi connectivity index (χ1v) is 10.9. The van der Waals surface area contributed by atoms with Gasteiger partial charge in [-0.05, 0) is 38.0 Å². The Balaban J connectivity index is 2.83. The van der Waals surface area contributed by atoms with E-state index in [4.69, 9.17) is 4.74 Å². The standard InChI is InChI=1S/C20H18F9NO3S/c1-11-8-15(13-4-6-14(33-3)7-5-13)16(10-30,9-12(11)2)34(31,32)20(28,29)18(23,24)17(21,22)19(25,26)27/h4-7,15H,8-9H2,1-3H3/t15-,16-/m1/s1. The van der Waals surface area contributed by atoms with Crippen LogP contribution < -0.4 is 4.74 Å². The number of rotatable bonds is 6. The highest BCUT2D eigenvalue weighted by atomic mass is 32.2. The molecule has 0 aromatic heterocycles. The van der Waals surface area contributed by atoms with Crippen LogP contribution in [-0.2, 0) is 9.84 Å². The van der Waals surface area contributed by atoms with Gasteiger partial charge in [-0.3, -0.25) is 0 Å². The first-order chi connectivity index (χ1) is 15.2. The summed E-state index contributed by atoms with van der Waals surface area (Å²) in [6.07, 6.45) is -8.76. The zero-order valence-corrected chi connectivity index (χ0v) is 18.6. The second kappa shape index (κ2) is 8.35. The van der Waals surface area contributed by atoms with Gasteiger partial charge >= 0.3 is 23.3 Å². The predicted octanol–water partition coefficient (Wildman–Crippen LogP) is 6.01. The average Bonchev–Trinajstić information content (AvgIpc) is 2.74. The molecule has 0 saturated carbocycles. The normalized spacial score (nSPS) is 23.0. The van der Waals surface area contributed by atoms with Gasteiger partial charge in [-0.1, -0.05) is 23.3 Å².